The number of hydrogen-bond donors (Lipinski definition) is 1. The Morgan fingerprint density at radius 1 is 0.788 bits per heavy atom. The van der Waals surface area contributed by atoms with Gasteiger partial charge < -0.3 is 4.74 Å². The normalized spacial score (nSPS) is 11.4. The van der Waals surface area contributed by atoms with Crippen molar-refractivity contribution in [2.45, 2.75) is 18.7 Å². The zero-order chi connectivity index (χ0) is 23.3. The van der Waals surface area contributed by atoms with Gasteiger partial charge in [0.1, 0.15) is 0 Å². The number of nitrogens with one attached hydrogen (secondary N) is 1. The number of nitrogens with zero attached hydrogens (tertiary/aromatic N) is 2. The Morgan fingerprint density at radius 3 is 2.15 bits per heavy atom. The second-order valence-corrected chi connectivity index (χ2v) is 9.72. The third kappa shape index (κ3) is 5.75. The van der Waals surface area contributed by atoms with Crippen LogP contribution < -0.4 is 9.46 Å². The molecule has 6 nitrogen and oxygen atoms in total. The van der Waals surface area contributed by atoms with Gasteiger partial charge in [0, 0.05) is 17.3 Å². The van der Waals surface area contributed by atoms with E-state index in [-0.39, 0.29) is 4.90 Å². The minimum Gasteiger partial charge on any atom is -0.476 e. The lowest BCUT2D eigenvalue weighted by atomic mass is 10.1. The zero-order valence-electron chi connectivity index (χ0n) is 18.5. The van der Waals surface area contributed by atoms with Crippen molar-refractivity contribution < 1.29 is 13.2 Å². The fourth-order valence-corrected chi connectivity index (χ4v) is 4.27. The first kappa shape index (κ1) is 22.5. The first-order chi connectivity index (χ1) is 15.9. The highest BCUT2D eigenvalue weighted by molar-refractivity contribution is 7.92. The lowest BCUT2D eigenvalue weighted by Gasteiger charge is -2.11. The standard InChI is InChI=1S/C26H25N3O3S/c1-19(2)18-32-26-16-15-25(27-28-26)22-9-6-10-23(17-22)29-33(30,31)24-13-11-21(12-14-24)20-7-4-3-5-8-20/h3-17,19,29H,18H2,1-2H3. The van der Waals surface area contributed by atoms with E-state index in [0.29, 0.717) is 29.8 Å². The average molecular weight is 460 g/mol. The van der Waals surface area contributed by atoms with Gasteiger partial charge in [0.05, 0.1) is 17.2 Å². The maximum atomic E-state index is 12.9. The monoisotopic (exact) mass is 459 g/mol. The van der Waals surface area contributed by atoms with Gasteiger partial charge in [0.2, 0.25) is 5.88 Å². The highest BCUT2D eigenvalue weighted by Gasteiger charge is 2.15. The molecule has 0 aliphatic heterocycles. The summed E-state index contributed by atoms with van der Waals surface area (Å²) in [6.45, 7) is 4.69. The second kappa shape index (κ2) is 9.83. The number of benzene rings is 3. The van der Waals surface area contributed by atoms with Gasteiger partial charge in [0.15, 0.2) is 0 Å². The maximum Gasteiger partial charge on any atom is 0.261 e. The van der Waals surface area contributed by atoms with Gasteiger partial charge >= 0.3 is 0 Å². The summed E-state index contributed by atoms with van der Waals surface area (Å²) in [7, 11) is -3.74. The van der Waals surface area contributed by atoms with Gasteiger partial charge in [-0.05, 0) is 47.4 Å². The Morgan fingerprint density at radius 2 is 1.48 bits per heavy atom. The molecule has 0 unspecified atom stereocenters. The minimum atomic E-state index is -3.74. The average Bonchev–Trinajstić information content (AvgIpc) is 2.83. The molecule has 4 rings (SSSR count). The third-order valence-corrected chi connectivity index (χ3v) is 6.28. The molecule has 7 heteroatoms. The molecule has 1 N–H and O–H groups in total. The number of hydrogen-bond acceptors (Lipinski definition) is 5. The van der Waals surface area contributed by atoms with Crippen molar-refractivity contribution in [3.05, 3.63) is 91.0 Å². The van der Waals surface area contributed by atoms with Crippen LogP contribution in [0.15, 0.2) is 95.9 Å². The van der Waals surface area contributed by atoms with Crippen LogP contribution in [-0.4, -0.2) is 25.2 Å². The SMILES string of the molecule is CC(C)COc1ccc(-c2cccc(NS(=O)(=O)c3ccc(-c4ccccc4)cc3)c2)nn1. The molecule has 33 heavy (non-hydrogen) atoms. The molecule has 4 aromatic rings. The third-order valence-electron chi connectivity index (χ3n) is 4.89. The topological polar surface area (TPSA) is 81.2 Å². The molecule has 0 atom stereocenters. The number of aromatic nitrogens is 2. The summed E-state index contributed by atoms with van der Waals surface area (Å²) in [6.07, 6.45) is 0. The summed E-state index contributed by atoms with van der Waals surface area (Å²) in [6, 6.07) is 27.3. The first-order valence-electron chi connectivity index (χ1n) is 10.7. The molecule has 0 aliphatic rings. The molecule has 3 aromatic carbocycles. The van der Waals surface area contributed by atoms with Crippen LogP contribution in [0.1, 0.15) is 13.8 Å². The summed E-state index contributed by atoms with van der Waals surface area (Å²) < 4.78 is 34.0. The van der Waals surface area contributed by atoms with Crippen molar-refractivity contribution in [1.82, 2.24) is 10.2 Å². The van der Waals surface area contributed by atoms with Crippen molar-refractivity contribution in [3.8, 4) is 28.3 Å². The van der Waals surface area contributed by atoms with Crippen LogP contribution in [0.5, 0.6) is 5.88 Å². The van der Waals surface area contributed by atoms with E-state index in [2.05, 4.69) is 28.8 Å². The van der Waals surface area contributed by atoms with E-state index < -0.39 is 10.0 Å². The van der Waals surface area contributed by atoms with E-state index in [1.54, 1.807) is 54.6 Å². The summed E-state index contributed by atoms with van der Waals surface area (Å²) >= 11 is 0. The molecule has 0 spiro atoms. The minimum absolute atomic E-state index is 0.194. The van der Waals surface area contributed by atoms with Gasteiger partial charge in [-0.25, -0.2) is 8.42 Å². The maximum absolute atomic E-state index is 12.9. The van der Waals surface area contributed by atoms with Gasteiger partial charge in [-0.3, -0.25) is 4.72 Å². The Kier molecular flexibility index (Phi) is 6.70. The molecule has 1 heterocycles. The molecular weight excluding hydrogens is 434 g/mol. The van der Waals surface area contributed by atoms with Gasteiger partial charge in [-0.1, -0.05) is 68.4 Å². The fourth-order valence-electron chi connectivity index (χ4n) is 3.22. The van der Waals surface area contributed by atoms with Crippen molar-refractivity contribution in [3.63, 3.8) is 0 Å². The fraction of sp³-hybridized carbons (Fsp3) is 0.154. The Balaban J connectivity index is 1.49. The molecular formula is C26H25N3O3S. The first-order valence-corrected chi connectivity index (χ1v) is 12.1. The molecule has 0 saturated carbocycles. The van der Waals surface area contributed by atoms with Crippen LogP contribution in [0.4, 0.5) is 5.69 Å². The highest BCUT2D eigenvalue weighted by Crippen LogP contribution is 2.25. The summed E-state index contributed by atoms with van der Waals surface area (Å²) in [5.74, 6) is 0.856. The van der Waals surface area contributed by atoms with Crippen LogP contribution in [0.25, 0.3) is 22.4 Å². The summed E-state index contributed by atoms with van der Waals surface area (Å²) in [4.78, 5) is 0.194. The molecule has 168 valence electrons. The lowest BCUT2D eigenvalue weighted by molar-refractivity contribution is 0.258. The number of anilines is 1. The number of ether oxygens (including phenoxy) is 1. The number of rotatable bonds is 8. The molecule has 0 saturated heterocycles. The molecule has 0 fully saturated rings. The van der Waals surface area contributed by atoms with Crippen LogP contribution >= 0.6 is 0 Å². The number of sulfonamides is 1. The Bertz CT molecular complexity index is 1310. The van der Waals surface area contributed by atoms with E-state index in [0.717, 1.165) is 16.7 Å². The van der Waals surface area contributed by atoms with E-state index in [1.165, 1.54) is 0 Å². The van der Waals surface area contributed by atoms with Crippen LogP contribution in [0, 0.1) is 5.92 Å². The summed E-state index contributed by atoms with van der Waals surface area (Å²) in [5.41, 5.74) is 3.80. The van der Waals surface area contributed by atoms with E-state index in [4.69, 9.17) is 4.74 Å². The van der Waals surface area contributed by atoms with Crippen molar-refractivity contribution in [2.75, 3.05) is 11.3 Å². The van der Waals surface area contributed by atoms with Crippen molar-refractivity contribution in [1.29, 1.82) is 0 Å². The van der Waals surface area contributed by atoms with Gasteiger partial charge in [-0.15, -0.1) is 10.2 Å². The highest BCUT2D eigenvalue weighted by atomic mass is 32.2. The van der Waals surface area contributed by atoms with Crippen LogP contribution in [0.2, 0.25) is 0 Å². The predicted octanol–water partition coefficient (Wildman–Crippen LogP) is 5.65. The molecule has 0 radical (unpaired) electrons. The van der Waals surface area contributed by atoms with Crippen molar-refractivity contribution in [2.24, 2.45) is 5.92 Å². The van der Waals surface area contributed by atoms with E-state index >= 15 is 0 Å². The van der Waals surface area contributed by atoms with E-state index in [9.17, 15) is 8.42 Å². The largest absolute Gasteiger partial charge is 0.476 e. The van der Waals surface area contributed by atoms with Gasteiger partial charge in [0.25, 0.3) is 10.0 Å². The molecule has 0 aliphatic carbocycles. The Labute approximate surface area is 194 Å². The van der Waals surface area contributed by atoms with E-state index in [1.807, 2.05) is 36.4 Å². The predicted molar refractivity (Wildman–Crippen MR) is 130 cm³/mol. The van der Waals surface area contributed by atoms with Crippen molar-refractivity contribution >= 4 is 15.7 Å². The lowest BCUT2D eigenvalue weighted by Crippen LogP contribution is -2.12. The quantitative estimate of drug-likeness (QED) is 0.368. The molecule has 0 bridgehead atoms. The van der Waals surface area contributed by atoms with Gasteiger partial charge in [-0.2, -0.15) is 0 Å². The smallest absolute Gasteiger partial charge is 0.261 e. The summed E-state index contributed by atoms with van der Waals surface area (Å²) in [5, 5.41) is 8.31. The molecule has 1 aromatic heterocycles. The van der Waals surface area contributed by atoms with Crippen LogP contribution in [-0.2, 0) is 10.0 Å². The van der Waals surface area contributed by atoms with Crippen LogP contribution in [0.3, 0.4) is 0 Å². The zero-order valence-corrected chi connectivity index (χ0v) is 19.3. The molecule has 0 amide bonds. The second-order valence-electron chi connectivity index (χ2n) is 8.04. The Hall–Kier alpha value is -3.71.